The van der Waals surface area contributed by atoms with E-state index in [1.165, 1.54) is 70.6 Å². The normalized spacial score (nSPS) is 33.0. The lowest BCUT2D eigenvalue weighted by molar-refractivity contribution is -0.205. The van der Waals surface area contributed by atoms with Crippen molar-refractivity contribution in [1.82, 2.24) is 0 Å². The van der Waals surface area contributed by atoms with Gasteiger partial charge in [0.1, 0.15) is 0 Å². The van der Waals surface area contributed by atoms with Crippen LogP contribution in [0.1, 0.15) is 90.9 Å². The van der Waals surface area contributed by atoms with E-state index in [-0.39, 0.29) is 6.29 Å². The molecular formula is C20H38O2. The molecule has 2 rings (SSSR count). The molecule has 0 N–H and O–H groups in total. The van der Waals surface area contributed by atoms with Gasteiger partial charge >= 0.3 is 0 Å². The van der Waals surface area contributed by atoms with Crippen molar-refractivity contribution in [3.05, 3.63) is 0 Å². The first-order chi connectivity index (χ1) is 10.8. The Labute approximate surface area is 138 Å². The molecule has 0 aromatic heterocycles. The van der Waals surface area contributed by atoms with E-state index in [1.807, 2.05) is 0 Å². The van der Waals surface area contributed by atoms with Crippen LogP contribution in [0.2, 0.25) is 0 Å². The molecule has 2 fully saturated rings. The van der Waals surface area contributed by atoms with Gasteiger partial charge in [-0.1, -0.05) is 71.6 Å². The fraction of sp³-hybridized carbons (Fsp3) is 1.00. The SMILES string of the molecule is CCCCC[C@H]1CC[C@H](CCC2OCC(CCC)CO2)CC1. The monoisotopic (exact) mass is 310 g/mol. The number of unbranched alkanes of at least 4 members (excludes halogenated alkanes) is 2. The second kappa shape index (κ2) is 10.6. The van der Waals surface area contributed by atoms with Crippen LogP contribution in [0.4, 0.5) is 0 Å². The molecule has 0 aromatic carbocycles. The Morgan fingerprint density at radius 2 is 1.27 bits per heavy atom. The van der Waals surface area contributed by atoms with Crippen molar-refractivity contribution in [3.8, 4) is 0 Å². The lowest BCUT2D eigenvalue weighted by atomic mass is 9.78. The molecule has 2 nitrogen and oxygen atoms in total. The summed E-state index contributed by atoms with van der Waals surface area (Å²) in [6.45, 7) is 6.38. The summed E-state index contributed by atoms with van der Waals surface area (Å²) in [7, 11) is 0. The minimum absolute atomic E-state index is 0.0929. The zero-order valence-electron chi connectivity index (χ0n) is 15.0. The van der Waals surface area contributed by atoms with Gasteiger partial charge in [-0.15, -0.1) is 0 Å². The first-order valence-corrected chi connectivity index (χ1v) is 10.0. The van der Waals surface area contributed by atoms with E-state index < -0.39 is 0 Å². The van der Waals surface area contributed by atoms with Gasteiger partial charge in [-0.2, -0.15) is 0 Å². The number of rotatable bonds is 9. The van der Waals surface area contributed by atoms with Gasteiger partial charge in [-0.25, -0.2) is 0 Å². The molecule has 1 saturated carbocycles. The van der Waals surface area contributed by atoms with Crippen LogP contribution >= 0.6 is 0 Å². The zero-order valence-corrected chi connectivity index (χ0v) is 15.0. The van der Waals surface area contributed by atoms with E-state index in [4.69, 9.17) is 9.47 Å². The topological polar surface area (TPSA) is 18.5 Å². The number of ether oxygens (including phenoxy) is 2. The highest BCUT2D eigenvalue weighted by Crippen LogP contribution is 2.35. The van der Waals surface area contributed by atoms with Crippen LogP contribution in [0.25, 0.3) is 0 Å². The van der Waals surface area contributed by atoms with Gasteiger partial charge in [0.2, 0.25) is 0 Å². The van der Waals surface area contributed by atoms with Gasteiger partial charge in [0.05, 0.1) is 13.2 Å². The van der Waals surface area contributed by atoms with E-state index in [2.05, 4.69) is 13.8 Å². The Balaban J connectivity index is 1.52. The Kier molecular flexibility index (Phi) is 8.84. The standard InChI is InChI=1S/C20H38O2/c1-3-5-6-8-17-9-11-18(12-10-17)13-14-20-21-15-19(7-4-2)16-22-20/h17-20H,3-16H2,1-2H3/t17-,18-,19?,20?. The number of hydrogen-bond acceptors (Lipinski definition) is 2. The third-order valence-electron chi connectivity index (χ3n) is 5.73. The highest BCUT2D eigenvalue weighted by atomic mass is 16.7. The van der Waals surface area contributed by atoms with Crippen molar-refractivity contribution >= 4 is 0 Å². The molecule has 0 atom stereocenters. The minimum atomic E-state index is 0.0929. The van der Waals surface area contributed by atoms with Gasteiger partial charge in [0.15, 0.2) is 6.29 Å². The lowest BCUT2D eigenvalue weighted by Gasteiger charge is -2.32. The zero-order chi connectivity index (χ0) is 15.6. The van der Waals surface area contributed by atoms with Gasteiger partial charge in [-0.05, 0) is 31.1 Å². The summed E-state index contributed by atoms with van der Waals surface area (Å²) >= 11 is 0. The molecule has 1 saturated heterocycles. The molecule has 130 valence electrons. The van der Waals surface area contributed by atoms with Gasteiger partial charge in [-0.3, -0.25) is 0 Å². The second-order valence-corrected chi connectivity index (χ2v) is 7.71. The van der Waals surface area contributed by atoms with Crippen LogP contribution in [0.15, 0.2) is 0 Å². The average Bonchev–Trinajstić information content (AvgIpc) is 2.56. The maximum Gasteiger partial charge on any atom is 0.157 e. The Hall–Kier alpha value is -0.0800. The Morgan fingerprint density at radius 1 is 0.636 bits per heavy atom. The van der Waals surface area contributed by atoms with Crippen LogP contribution in [0.5, 0.6) is 0 Å². The van der Waals surface area contributed by atoms with Crippen molar-refractivity contribution in [2.45, 2.75) is 97.2 Å². The third kappa shape index (κ3) is 6.58. The molecule has 0 aromatic rings. The van der Waals surface area contributed by atoms with Crippen LogP contribution < -0.4 is 0 Å². The summed E-state index contributed by atoms with van der Waals surface area (Å²) < 4.78 is 11.8. The van der Waals surface area contributed by atoms with E-state index >= 15 is 0 Å². The van der Waals surface area contributed by atoms with Gasteiger partial charge in [0, 0.05) is 5.92 Å². The van der Waals surface area contributed by atoms with Crippen molar-refractivity contribution in [3.63, 3.8) is 0 Å². The molecule has 1 heterocycles. The number of hydrogen-bond donors (Lipinski definition) is 0. The van der Waals surface area contributed by atoms with E-state index in [0.717, 1.165) is 31.5 Å². The summed E-state index contributed by atoms with van der Waals surface area (Å²) in [5.41, 5.74) is 0. The predicted molar refractivity (Wildman–Crippen MR) is 92.9 cm³/mol. The molecule has 0 radical (unpaired) electrons. The van der Waals surface area contributed by atoms with Crippen LogP contribution in [0.3, 0.4) is 0 Å². The van der Waals surface area contributed by atoms with Crippen LogP contribution in [-0.2, 0) is 9.47 Å². The fourth-order valence-electron chi connectivity index (χ4n) is 4.19. The van der Waals surface area contributed by atoms with Gasteiger partial charge in [0.25, 0.3) is 0 Å². The molecule has 1 aliphatic carbocycles. The molecule has 1 aliphatic heterocycles. The molecular weight excluding hydrogens is 272 g/mol. The first-order valence-electron chi connectivity index (χ1n) is 10.0. The molecule has 2 heteroatoms. The van der Waals surface area contributed by atoms with Crippen LogP contribution in [0, 0.1) is 17.8 Å². The lowest BCUT2D eigenvalue weighted by Crippen LogP contribution is -2.32. The minimum Gasteiger partial charge on any atom is -0.352 e. The molecule has 0 amide bonds. The summed E-state index contributed by atoms with van der Waals surface area (Å²) in [6, 6.07) is 0. The van der Waals surface area contributed by atoms with Crippen LogP contribution in [-0.4, -0.2) is 19.5 Å². The maximum atomic E-state index is 5.90. The summed E-state index contributed by atoms with van der Waals surface area (Å²) in [4.78, 5) is 0. The quantitative estimate of drug-likeness (QED) is 0.490. The van der Waals surface area contributed by atoms with E-state index in [0.29, 0.717) is 5.92 Å². The van der Waals surface area contributed by atoms with Crippen molar-refractivity contribution in [2.75, 3.05) is 13.2 Å². The summed E-state index contributed by atoms with van der Waals surface area (Å²) in [6.07, 6.45) is 16.6. The molecule has 22 heavy (non-hydrogen) atoms. The van der Waals surface area contributed by atoms with Gasteiger partial charge < -0.3 is 9.47 Å². The second-order valence-electron chi connectivity index (χ2n) is 7.71. The van der Waals surface area contributed by atoms with Crippen molar-refractivity contribution < 1.29 is 9.47 Å². The highest BCUT2D eigenvalue weighted by molar-refractivity contribution is 4.74. The molecule has 0 bridgehead atoms. The third-order valence-corrected chi connectivity index (χ3v) is 5.73. The summed E-state index contributed by atoms with van der Waals surface area (Å²) in [5.74, 6) is 2.60. The van der Waals surface area contributed by atoms with Crippen molar-refractivity contribution in [2.24, 2.45) is 17.8 Å². The Bertz CT molecular complexity index is 263. The molecule has 0 spiro atoms. The highest BCUT2D eigenvalue weighted by Gasteiger charge is 2.25. The summed E-state index contributed by atoms with van der Waals surface area (Å²) in [5, 5.41) is 0. The average molecular weight is 311 g/mol. The van der Waals surface area contributed by atoms with Crippen molar-refractivity contribution in [1.29, 1.82) is 0 Å². The molecule has 0 unspecified atom stereocenters. The largest absolute Gasteiger partial charge is 0.352 e. The smallest absolute Gasteiger partial charge is 0.157 e. The van der Waals surface area contributed by atoms with E-state index in [9.17, 15) is 0 Å². The Morgan fingerprint density at radius 3 is 1.86 bits per heavy atom. The fourth-order valence-corrected chi connectivity index (χ4v) is 4.19. The maximum absolute atomic E-state index is 5.90. The predicted octanol–water partition coefficient (Wildman–Crippen LogP) is 5.94. The molecule has 2 aliphatic rings. The van der Waals surface area contributed by atoms with E-state index in [1.54, 1.807) is 0 Å². The first kappa shape index (κ1) is 18.3.